The number of fused-ring (bicyclic) bond motifs is 1. The third-order valence-electron chi connectivity index (χ3n) is 4.89. The number of aliphatic imine (C=N–C) groups is 1. The molecular weight excluding hydrogens is 396 g/mol. The summed E-state index contributed by atoms with van der Waals surface area (Å²) in [6, 6.07) is 15.5. The van der Waals surface area contributed by atoms with Crippen molar-refractivity contribution < 1.29 is 0 Å². The number of anilines is 2. The van der Waals surface area contributed by atoms with E-state index >= 15 is 0 Å². The summed E-state index contributed by atoms with van der Waals surface area (Å²) in [6.45, 7) is 7.52. The first kappa shape index (κ1) is 20.2. The molecule has 2 heterocycles. The Morgan fingerprint density at radius 1 is 1.14 bits per heavy atom. The number of nitrogens with zero attached hydrogens (tertiary/aromatic N) is 2. The summed E-state index contributed by atoms with van der Waals surface area (Å²) < 4.78 is 1.24. The molecular formula is C23H28N4S2. The highest BCUT2D eigenvalue weighted by Crippen LogP contribution is 2.27. The Kier molecular flexibility index (Phi) is 6.40. The van der Waals surface area contributed by atoms with E-state index in [4.69, 9.17) is 4.99 Å². The van der Waals surface area contributed by atoms with E-state index in [-0.39, 0.29) is 0 Å². The highest BCUT2D eigenvalue weighted by Gasteiger charge is 2.19. The first-order chi connectivity index (χ1) is 14.0. The smallest absolute Gasteiger partial charge is 0.183 e. The minimum absolute atomic E-state index is 0.458. The van der Waals surface area contributed by atoms with E-state index in [0.29, 0.717) is 12.0 Å². The van der Waals surface area contributed by atoms with Crippen molar-refractivity contribution in [1.82, 2.24) is 4.98 Å². The zero-order valence-electron chi connectivity index (χ0n) is 17.2. The molecule has 0 amide bonds. The number of thioether (sulfide) groups is 1. The normalized spacial score (nSPS) is 16.4. The van der Waals surface area contributed by atoms with Crippen LogP contribution >= 0.6 is 23.1 Å². The highest BCUT2D eigenvalue weighted by molar-refractivity contribution is 8.14. The first-order valence-electron chi connectivity index (χ1n) is 10.2. The number of benzene rings is 2. The lowest BCUT2D eigenvalue weighted by atomic mass is 10.1. The molecule has 1 unspecified atom stereocenters. The summed E-state index contributed by atoms with van der Waals surface area (Å²) in [4.78, 5) is 9.47. The molecule has 2 N–H and O–H groups in total. The van der Waals surface area contributed by atoms with Gasteiger partial charge in [-0.15, -0.1) is 0 Å². The maximum Gasteiger partial charge on any atom is 0.183 e. The lowest BCUT2D eigenvalue weighted by molar-refractivity contribution is 0.529. The van der Waals surface area contributed by atoms with Gasteiger partial charge in [-0.2, -0.15) is 0 Å². The Morgan fingerprint density at radius 2 is 1.97 bits per heavy atom. The van der Waals surface area contributed by atoms with Crippen LogP contribution in [-0.4, -0.2) is 28.5 Å². The molecule has 0 aliphatic carbocycles. The van der Waals surface area contributed by atoms with Crippen LogP contribution in [0.3, 0.4) is 0 Å². The SMILES string of the molecule is Cc1ccc2nc(NCCc3ccc(NC4=NC(CC(C)C)CS4)cc3)sc2c1. The molecule has 152 valence electrons. The van der Waals surface area contributed by atoms with Gasteiger partial charge in [0, 0.05) is 18.0 Å². The van der Waals surface area contributed by atoms with Gasteiger partial charge in [-0.3, -0.25) is 4.99 Å². The maximum absolute atomic E-state index is 4.81. The van der Waals surface area contributed by atoms with Gasteiger partial charge < -0.3 is 10.6 Å². The molecule has 0 spiro atoms. The third-order valence-corrected chi connectivity index (χ3v) is 6.90. The number of thiazole rings is 1. The largest absolute Gasteiger partial charge is 0.361 e. The van der Waals surface area contributed by atoms with Crippen LogP contribution in [0.4, 0.5) is 10.8 Å². The van der Waals surface area contributed by atoms with Crippen molar-refractivity contribution >= 4 is 49.3 Å². The van der Waals surface area contributed by atoms with E-state index in [1.54, 1.807) is 11.3 Å². The summed E-state index contributed by atoms with van der Waals surface area (Å²) in [5.74, 6) is 1.79. The minimum Gasteiger partial charge on any atom is -0.361 e. The van der Waals surface area contributed by atoms with Crippen molar-refractivity contribution in [3.05, 3.63) is 53.6 Å². The van der Waals surface area contributed by atoms with Gasteiger partial charge in [0.05, 0.1) is 16.3 Å². The second kappa shape index (κ2) is 9.18. The average molecular weight is 425 g/mol. The molecule has 29 heavy (non-hydrogen) atoms. The lowest BCUT2D eigenvalue weighted by Crippen LogP contribution is -2.08. The second-order valence-electron chi connectivity index (χ2n) is 8.02. The van der Waals surface area contributed by atoms with Gasteiger partial charge in [-0.05, 0) is 61.1 Å². The molecule has 1 aromatic heterocycles. The monoisotopic (exact) mass is 424 g/mol. The second-order valence-corrected chi connectivity index (χ2v) is 10.1. The first-order valence-corrected chi connectivity index (χ1v) is 12.0. The average Bonchev–Trinajstić information content (AvgIpc) is 3.28. The Hall–Kier alpha value is -2.05. The zero-order valence-corrected chi connectivity index (χ0v) is 18.9. The fraction of sp³-hybridized carbons (Fsp3) is 0.391. The molecule has 0 bridgehead atoms. The fourth-order valence-corrected chi connectivity index (χ4v) is 5.41. The van der Waals surface area contributed by atoms with Crippen molar-refractivity contribution in [2.24, 2.45) is 10.9 Å². The zero-order chi connectivity index (χ0) is 20.2. The molecule has 1 atom stereocenters. The van der Waals surface area contributed by atoms with Crippen molar-refractivity contribution in [1.29, 1.82) is 0 Å². The molecule has 0 radical (unpaired) electrons. The van der Waals surface area contributed by atoms with E-state index in [1.165, 1.54) is 22.2 Å². The van der Waals surface area contributed by atoms with Crippen LogP contribution in [0.1, 0.15) is 31.4 Å². The van der Waals surface area contributed by atoms with Gasteiger partial charge in [-0.25, -0.2) is 4.98 Å². The van der Waals surface area contributed by atoms with Crippen molar-refractivity contribution in [2.75, 3.05) is 22.9 Å². The van der Waals surface area contributed by atoms with E-state index in [0.717, 1.165) is 40.2 Å². The summed E-state index contributed by atoms with van der Waals surface area (Å²) in [6.07, 6.45) is 2.14. The minimum atomic E-state index is 0.458. The van der Waals surface area contributed by atoms with E-state index in [2.05, 4.69) is 78.9 Å². The molecule has 6 heteroatoms. The number of rotatable bonds is 7. The fourth-order valence-electron chi connectivity index (χ4n) is 3.45. The van der Waals surface area contributed by atoms with E-state index in [9.17, 15) is 0 Å². The van der Waals surface area contributed by atoms with E-state index < -0.39 is 0 Å². The van der Waals surface area contributed by atoms with Crippen LogP contribution < -0.4 is 10.6 Å². The number of hydrogen-bond donors (Lipinski definition) is 2. The summed E-state index contributed by atoms with van der Waals surface area (Å²) in [5, 5.41) is 8.98. The van der Waals surface area contributed by atoms with Gasteiger partial charge in [0.2, 0.25) is 0 Å². The molecule has 0 fully saturated rings. The number of aromatic nitrogens is 1. The van der Waals surface area contributed by atoms with Crippen LogP contribution in [0.15, 0.2) is 47.5 Å². The number of nitrogens with one attached hydrogen (secondary N) is 2. The molecule has 3 aromatic rings. The molecule has 1 aliphatic rings. The molecule has 0 saturated carbocycles. The summed E-state index contributed by atoms with van der Waals surface area (Å²) >= 11 is 3.55. The Labute approximate surface area is 181 Å². The summed E-state index contributed by atoms with van der Waals surface area (Å²) in [7, 11) is 0. The predicted molar refractivity (Wildman–Crippen MR) is 130 cm³/mol. The van der Waals surface area contributed by atoms with Gasteiger partial charge in [0.1, 0.15) is 0 Å². The van der Waals surface area contributed by atoms with Crippen LogP contribution in [0.25, 0.3) is 10.2 Å². The molecule has 1 aliphatic heterocycles. The van der Waals surface area contributed by atoms with Crippen LogP contribution in [0, 0.1) is 12.8 Å². The predicted octanol–water partition coefficient (Wildman–Crippen LogP) is 6.19. The number of amidine groups is 1. The van der Waals surface area contributed by atoms with Gasteiger partial charge >= 0.3 is 0 Å². The van der Waals surface area contributed by atoms with Crippen LogP contribution in [0.5, 0.6) is 0 Å². The third kappa shape index (κ3) is 5.52. The molecule has 0 saturated heterocycles. The van der Waals surface area contributed by atoms with E-state index in [1.807, 2.05) is 11.8 Å². The Morgan fingerprint density at radius 3 is 2.76 bits per heavy atom. The number of aryl methyl sites for hydroxylation is 1. The number of hydrogen-bond acceptors (Lipinski definition) is 6. The molecule has 4 nitrogen and oxygen atoms in total. The summed E-state index contributed by atoms with van der Waals surface area (Å²) in [5.41, 5.74) is 4.78. The van der Waals surface area contributed by atoms with Gasteiger partial charge in [-0.1, -0.05) is 55.1 Å². The maximum atomic E-state index is 4.81. The lowest BCUT2D eigenvalue weighted by Gasteiger charge is -2.08. The Balaban J connectivity index is 1.27. The molecule has 4 rings (SSSR count). The van der Waals surface area contributed by atoms with Gasteiger partial charge in [0.15, 0.2) is 10.3 Å². The Bertz CT molecular complexity index is 992. The van der Waals surface area contributed by atoms with Crippen LogP contribution in [-0.2, 0) is 6.42 Å². The van der Waals surface area contributed by atoms with Gasteiger partial charge in [0.25, 0.3) is 0 Å². The van der Waals surface area contributed by atoms with Crippen molar-refractivity contribution in [2.45, 2.75) is 39.7 Å². The van der Waals surface area contributed by atoms with Crippen molar-refractivity contribution in [3.63, 3.8) is 0 Å². The van der Waals surface area contributed by atoms with Crippen LogP contribution in [0.2, 0.25) is 0 Å². The highest BCUT2D eigenvalue weighted by atomic mass is 32.2. The quantitative estimate of drug-likeness (QED) is 0.475. The standard InChI is InChI=1S/C23H28N4S2/c1-15(2)12-19-14-28-23(26-19)25-18-7-5-17(6-8-18)10-11-24-22-27-20-9-4-16(3)13-21(20)29-22/h4-9,13,15,19H,10-12,14H2,1-3H3,(H,24,27)(H,25,26). The van der Waals surface area contributed by atoms with Crippen molar-refractivity contribution in [3.8, 4) is 0 Å². The molecule has 2 aromatic carbocycles. The topological polar surface area (TPSA) is 49.3 Å².